The molecule has 10 heteroatoms. The first-order valence-corrected chi connectivity index (χ1v) is 10.6. The van der Waals surface area contributed by atoms with E-state index in [1.165, 1.54) is 6.33 Å². The van der Waals surface area contributed by atoms with Crippen molar-refractivity contribution in [3.63, 3.8) is 0 Å². The third-order valence-corrected chi connectivity index (χ3v) is 6.24. The van der Waals surface area contributed by atoms with Crippen LogP contribution in [0.3, 0.4) is 0 Å². The Morgan fingerprint density at radius 3 is 2.71 bits per heavy atom. The molecule has 2 fully saturated rings. The van der Waals surface area contributed by atoms with E-state index in [0.717, 1.165) is 0 Å². The highest BCUT2D eigenvalue weighted by Gasteiger charge is 2.58. The Morgan fingerprint density at radius 2 is 1.94 bits per heavy atom. The van der Waals surface area contributed by atoms with Crippen LogP contribution in [-0.2, 0) is 20.8 Å². The van der Waals surface area contributed by atoms with Crippen molar-refractivity contribution in [1.82, 2.24) is 14.5 Å². The molecule has 31 heavy (non-hydrogen) atoms. The van der Waals surface area contributed by atoms with Gasteiger partial charge in [0.15, 0.2) is 12.0 Å². The van der Waals surface area contributed by atoms with Gasteiger partial charge in [-0.1, -0.05) is 29.3 Å². The molecule has 2 N–H and O–H groups in total. The number of ether oxygens (including phenoxy) is 3. The molecule has 2 aromatic heterocycles. The van der Waals surface area contributed by atoms with Gasteiger partial charge in [0.05, 0.1) is 12.0 Å². The second-order valence-corrected chi connectivity index (χ2v) is 8.92. The highest BCUT2D eigenvalue weighted by atomic mass is 35.5. The molecule has 164 valence electrons. The lowest BCUT2D eigenvalue weighted by molar-refractivity contribution is -0.207. The van der Waals surface area contributed by atoms with Gasteiger partial charge in [-0.15, -0.1) is 0 Å². The second-order valence-electron chi connectivity index (χ2n) is 8.13. The van der Waals surface area contributed by atoms with Crippen LogP contribution in [0.4, 0.5) is 0 Å². The predicted molar refractivity (Wildman–Crippen MR) is 113 cm³/mol. The molecule has 0 radical (unpaired) electrons. The molecule has 5 atom stereocenters. The summed E-state index contributed by atoms with van der Waals surface area (Å²) in [6.45, 7) is 3.39. The van der Waals surface area contributed by atoms with Crippen LogP contribution in [0.5, 0.6) is 0 Å². The van der Waals surface area contributed by atoms with E-state index in [9.17, 15) is 10.2 Å². The maximum atomic E-state index is 11.3. The highest BCUT2D eigenvalue weighted by molar-refractivity contribution is 6.33. The van der Waals surface area contributed by atoms with Gasteiger partial charge < -0.3 is 29.0 Å². The average Bonchev–Trinajstić information content (AvgIpc) is 3.38. The number of benzene rings is 1. The summed E-state index contributed by atoms with van der Waals surface area (Å²) in [5.74, 6) is -0.862. The molecule has 4 heterocycles. The highest BCUT2D eigenvalue weighted by Crippen LogP contribution is 2.47. The third kappa shape index (κ3) is 3.52. The summed E-state index contributed by atoms with van der Waals surface area (Å²) in [6.07, 6.45) is -0.367. The number of aliphatic hydroxyl groups is 2. The van der Waals surface area contributed by atoms with E-state index in [1.54, 1.807) is 24.4 Å². The molecule has 8 nitrogen and oxygen atoms in total. The van der Waals surface area contributed by atoms with Crippen LogP contribution in [-0.4, -0.2) is 48.8 Å². The molecule has 0 spiro atoms. The van der Waals surface area contributed by atoms with Gasteiger partial charge in [-0.2, -0.15) is 0 Å². The first-order valence-electron chi connectivity index (χ1n) is 9.84. The number of aromatic nitrogens is 3. The van der Waals surface area contributed by atoms with Crippen molar-refractivity contribution >= 4 is 34.2 Å². The first kappa shape index (κ1) is 21.1. The Labute approximate surface area is 188 Å². The zero-order valence-electron chi connectivity index (χ0n) is 16.8. The van der Waals surface area contributed by atoms with E-state index in [-0.39, 0.29) is 6.61 Å². The van der Waals surface area contributed by atoms with Crippen molar-refractivity contribution in [2.45, 2.75) is 56.9 Å². The normalized spacial score (nSPS) is 28.2. The lowest BCUT2D eigenvalue weighted by Crippen LogP contribution is -2.34. The minimum atomic E-state index is -1.10. The van der Waals surface area contributed by atoms with Gasteiger partial charge in [-0.3, -0.25) is 0 Å². The van der Waals surface area contributed by atoms with Crippen molar-refractivity contribution in [2.24, 2.45) is 0 Å². The fraction of sp³-hybridized carbons (Fsp3) is 0.429. The summed E-state index contributed by atoms with van der Waals surface area (Å²) in [7, 11) is 0. The number of hydrogen-bond acceptors (Lipinski definition) is 7. The smallest absolute Gasteiger partial charge is 0.164 e. The molecular weight excluding hydrogens is 445 g/mol. The number of fused-ring (bicyclic) bond motifs is 2. The lowest BCUT2D eigenvalue weighted by atomic mass is 9.95. The molecule has 2 aliphatic rings. The van der Waals surface area contributed by atoms with Crippen LogP contribution in [0.2, 0.25) is 10.2 Å². The lowest BCUT2D eigenvalue weighted by Gasteiger charge is -2.28. The summed E-state index contributed by atoms with van der Waals surface area (Å²) >= 11 is 12.4. The molecule has 2 saturated heterocycles. The van der Waals surface area contributed by atoms with Gasteiger partial charge in [-0.25, -0.2) is 9.97 Å². The van der Waals surface area contributed by atoms with E-state index in [1.807, 2.05) is 24.5 Å². The number of rotatable bonds is 4. The van der Waals surface area contributed by atoms with Crippen molar-refractivity contribution < 1.29 is 24.4 Å². The van der Waals surface area contributed by atoms with Gasteiger partial charge in [0.2, 0.25) is 0 Å². The van der Waals surface area contributed by atoms with Crippen LogP contribution in [0.25, 0.3) is 11.0 Å². The molecule has 0 saturated carbocycles. The average molecular weight is 466 g/mol. The quantitative estimate of drug-likeness (QED) is 0.569. The summed E-state index contributed by atoms with van der Waals surface area (Å²) in [4.78, 5) is 8.36. The Morgan fingerprint density at radius 1 is 1.16 bits per heavy atom. The fourth-order valence-corrected chi connectivity index (χ4v) is 4.76. The molecule has 5 rings (SSSR count). The monoisotopic (exact) mass is 465 g/mol. The molecular formula is C21H21Cl2N3O5. The maximum Gasteiger partial charge on any atom is 0.164 e. The van der Waals surface area contributed by atoms with Crippen LogP contribution in [0, 0.1) is 0 Å². The fourth-order valence-electron chi connectivity index (χ4n) is 4.39. The summed E-state index contributed by atoms with van der Waals surface area (Å²) in [6, 6.07) is 6.78. The Balaban J connectivity index is 1.56. The van der Waals surface area contributed by atoms with Crippen molar-refractivity contribution in [3.05, 3.63) is 58.1 Å². The van der Waals surface area contributed by atoms with Crippen molar-refractivity contribution in [2.75, 3.05) is 0 Å². The largest absolute Gasteiger partial charge is 0.392 e. The SMILES string of the molecule is CC1(C)O[C@H]2[C@@H](O1)[C@H](n1ccc3c(Cl)ncnc31)O[C@@H]2[C@H](O)c1cc(Cl)ccc1CO. The maximum absolute atomic E-state index is 11.3. The first-order chi connectivity index (χ1) is 14.8. The number of aliphatic hydroxyl groups excluding tert-OH is 2. The van der Waals surface area contributed by atoms with Gasteiger partial charge in [0.1, 0.15) is 41.5 Å². The zero-order chi connectivity index (χ0) is 21.9. The number of hydrogen-bond donors (Lipinski definition) is 2. The molecule has 0 aliphatic carbocycles. The number of nitrogens with zero attached hydrogens (tertiary/aromatic N) is 3. The van der Waals surface area contributed by atoms with Gasteiger partial charge in [-0.05, 0) is 43.2 Å². The van der Waals surface area contributed by atoms with Crippen LogP contribution in [0.1, 0.15) is 37.3 Å². The Kier molecular flexibility index (Phi) is 5.22. The zero-order valence-corrected chi connectivity index (χ0v) is 18.3. The van der Waals surface area contributed by atoms with Crippen LogP contribution >= 0.6 is 23.2 Å². The summed E-state index contributed by atoms with van der Waals surface area (Å²) < 4.78 is 20.4. The Hall–Kier alpha value is -1.78. The van der Waals surface area contributed by atoms with Gasteiger partial charge in [0.25, 0.3) is 0 Å². The third-order valence-electron chi connectivity index (χ3n) is 5.71. The van der Waals surface area contributed by atoms with E-state index in [2.05, 4.69) is 9.97 Å². The van der Waals surface area contributed by atoms with Crippen LogP contribution in [0.15, 0.2) is 36.8 Å². The van der Waals surface area contributed by atoms with E-state index in [4.69, 9.17) is 37.4 Å². The molecule has 0 unspecified atom stereocenters. The van der Waals surface area contributed by atoms with Gasteiger partial charge in [0, 0.05) is 11.2 Å². The van der Waals surface area contributed by atoms with E-state index >= 15 is 0 Å². The van der Waals surface area contributed by atoms with E-state index < -0.39 is 36.4 Å². The Bertz CT molecular complexity index is 1140. The van der Waals surface area contributed by atoms with Gasteiger partial charge >= 0.3 is 0 Å². The minimum Gasteiger partial charge on any atom is -0.392 e. The second kappa shape index (κ2) is 7.67. The number of halogens is 2. The minimum absolute atomic E-state index is 0.242. The molecule has 0 bridgehead atoms. The van der Waals surface area contributed by atoms with E-state index in [0.29, 0.717) is 32.3 Å². The standard InChI is InChI=1S/C21H21Cl2N3O5/c1-21(2)30-16-15(14(28)13-7-11(22)4-3-10(13)8-27)29-20(17(16)31-21)26-6-5-12-18(23)24-9-25-19(12)26/h3-7,9,14-17,20,27-28H,8H2,1-2H3/t14-,15-,16-,17-,20-/m1/s1. The van der Waals surface area contributed by atoms with Crippen molar-refractivity contribution in [1.29, 1.82) is 0 Å². The summed E-state index contributed by atoms with van der Waals surface area (Å²) in [5.41, 5.74) is 1.63. The topological polar surface area (TPSA) is 98.9 Å². The van der Waals surface area contributed by atoms with Crippen molar-refractivity contribution in [3.8, 4) is 0 Å². The molecule has 0 amide bonds. The molecule has 2 aliphatic heterocycles. The molecule has 3 aromatic rings. The van der Waals surface area contributed by atoms with Crippen LogP contribution < -0.4 is 0 Å². The molecule has 1 aromatic carbocycles. The predicted octanol–water partition coefficient (Wildman–Crippen LogP) is 3.38. The summed E-state index contributed by atoms with van der Waals surface area (Å²) in [5, 5.41) is 22.5.